The van der Waals surface area contributed by atoms with E-state index in [2.05, 4.69) is 47.2 Å². The molecule has 3 aromatic rings. The van der Waals surface area contributed by atoms with Crippen LogP contribution in [0, 0.1) is 13.8 Å². The number of aromatic nitrogens is 1. The minimum absolute atomic E-state index is 0.0121. The van der Waals surface area contributed by atoms with Crippen molar-refractivity contribution in [1.29, 1.82) is 0 Å². The maximum absolute atomic E-state index is 12.9. The van der Waals surface area contributed by atoms with Crippen molar-refractivity contribution < 1.29 is 9.59 Å². The number of carbonyl (C=O) groups excluding carboxylic acids is 2. The molecule has 2 heterocycles. The number of benzene rings is 2. The Kier molecular flexibility index (Phi) is 6.74. The topological polar surface area (TPSA) is 65.5 Å². The van der Waals surface area contributed by atoms with Crippen LogP contribution in [0.25, 0.3) is 10.2 Å². The van der Waals surface area contributed by atoms with Crippen LogP contribution in [0.3, 0.4) is 0 Å². The van der Waals surface area contributed by atoms with E-state index >= 15 is 0 Å². The smallest absolute Gasteiger partial charge is 0.227 e. The van der Waals surface area contributed by atoms with Gasteiger partial charge in [-0.2, -0.15) is 0 Å². The predicted molar refractivity (Wildman–Crippen MR) is 132 cm³/mol. The summed E-state index contributed by atoms with van der Waals surface area (Å²) in [5.41, 5.74) is 5.64. The van der Waals surface area contributed by atoms with Crippen LogP contribution in [0.1, 0.15) is 36.5 Å². The molecule has 1 N–H and O–H groups in total. The highest BCUT2D eigenvalue weighted by Crippen LogP contribution is 2.28. The van der Waals surface area contributed by atoms with Gasteiger partial charge in [0.1, 0.15) is 0 Å². The summed E-state index contributed by atoms with van der Waals surface area (Å²) in [6, 6.07) is 12.5. The second kappa shape index (κ2) is 9.69. The minimum Gasteiger partial charge on any atom is -0.368 e. The van der Waals surface area contributed by atoms with E-state index in [1.807, 2.05) is 30.0 Å². The van der Waals surface area contributed by atoms with Crippen molar-refractivity contribution in [3.8, 4) is 0 Å². The third kappa shape index (κ3) is 5.10. The highest BCUT2D eigenvalue weighted by molar-refractivity contribution is 7.22. The van der Waals surface area contributed by atoms with E-state index in [-0.39, 0.29) is 11.8 Å². The number of thiazole rings is 1. The molecule has 1 aliphatic rings. The monoisotopic (exact) mass is 450 g/mol. The van der Waals surface area contributed by atoms with Gasteiger partial charge < -0.3 is 15.1 Å². The molecule has 2 amide bonds. The van der Waals surface area contributed by atoms with Gasteiger partial charge in [-0.1, -0.05) is 36.5 Å². The lowest BCUT2D eigenvalue weighted by molar-refractivity contribution is -0.130. The summed E-state index contributed by atoms with van der Waals surface area (Å²) in [6.45, 7) is 9.42. The van der Waals surface area contributed by atoms with Crippen LogP contribution in [0.2, 0.25) is 0 Å². The highest BCUT2D eigenvalue weighted by Gasteiger charge is 2.22. The first-order valence-corrected chi connectivity index (χ1v) is 12.0. The first kappa shape index (κ1) is 22.3. The highest BCUT2D eigenvalue weighted by atomic mass is 32.1. The van der Waals surface area contributed by atoms with Crippen molar-refractivity contribution >= 4 is 44.2 Å². The van der Waals surface area contributed by atoms with Crippen molar-refractivity contribution in [1.82, 2.24) is 9.88 Å². The van der Waals surface area contributed by atoms with Crippen LogP contribution < -0.4 is 10.2 Å². The van der Waals surface area contributed by atoms with Gasteiger partial charge in [-0.3, -0.25) is 9.59 Å². The largest absolute Gasteiger partial charge is 0.368 e. The molecule has 0 unspecified atom stereocenters. The molecule has 168 valence electrons. The van der Waals surface area contributed by atoms with Crippen molar-refractivity contribution in [3.05, 3.63) is 53.1 Å². The molecule has 1 aliphatic heterocycles. The average molecular weight is 451 g/mol. The molecule has 0 bridgehead atoms. The zero-order valence-electron chi connectivity index (χ0n) is 19.0. The Labute approximate surface area is 193 Å². The number of amides is 2. The summed E-state index contributed by atoms with van der Waals surface area (Å²) in [5, 5.41) is 3.47. The van der Waals surface area contributed by atoms with Crippen LogP contribution >= 0.6 is 11.3 Å². The Morgan fingerprint density at radius 1 is 1.06 bits per heavy atom. The lowest BCUT2D eigenvalue weighted by Gasteiger charge is -2.37. The minimum atomic E-state index is -0.0121. The molecule has 1 aromatic heterocycles. The molecular formula is C25H30N4O2S. The van der Waals surface area contributed by atoms with E-state index in [4.69, 9.17) is 0 Å². The molecule has 0 aliphatic carbocycles. The predicted octanol–water partition coefficient (Wildman–Crippen LogP) is 4.54. The summed E-state index contributed by atoms with van der Waals surface area (Å²) in [6.07, 6.45) is 1.68. The molecule has 0 atom stereocenters. The Balaban J connectivity index is 1.36. The fourth-order valence-corrected chi connectivity index (χ4v) is 5.03. The van der Waals surface area contributed by atoms with Crippen LogP contribution in [0.15, 0.2) is 36.4 Å². The average Bonchev–Trinajstić information content (AvgIpc) is 3.17. The number of carbonyl (C=O) groups is 2. The van der Waals surface area contributed by atoms with Gasteiger partial charge in [-0.25, -0.2) is 4.98 Å². The summed E-state index contributed by atoms with van der Waals surface area (Å²) >= 11 is 1.45. The number of nitrogens with zero attached hydrogens (tertiary/aromatic N) is 3. The van der Waals surface area contributed by atoms with E-state index in [0.29, 0.717) is 18.0 Å². The van der Waals surface area contributed by atoms with E-state index in [0.717, 1.165) is 48.4 Å². The molecular weight excluding hydrogens is 420 g/mol. The van der Waals surface area contributed by atoms with Gasteiger partial charge >= 0.3 is 0 Å². The van der Waals surface area contributed by atoms with Gasteiger partial charge in [0.15, 0.2) is 5.13 Å². The van der Waals surface area contributed by atoms with E-state index in [9.17, 15) is 9.59 Å². The fraction of sp³-hybridized carbons (Fsp3) is 0.400. The summed E-state index contributed by atoms with van der Waals surface area (Å²) in [7, 11) is 0. The molecule has 0 radical (unpaired) electrons. The molecule has 2 aromatic carbocycles. The first-order chi connectivity index (χ1) is 15.4. The number of anilines is 2. The van der Waals surface area contributed by atoms with Crippen molar-refractivity contribution in [2.45, 2.75) is 40.0 Å². The zero-order valence-corrected chi connectivity index (χ0v) is 19.8. The summed E-state index contributed by atoms with van der Waals surface area (Å²) in [4.78, 5) is 33.6. The van der Waals surface area contributed by atoms with Crippen LogP contribution in [0.5, 0.6) is 0 Å². The molecule has 32 heavy (non-hydrogen) atoms. The SMILES string of the molecule is CCCC(=O)Nc1nc2ccc(CC(=O)N3CCN(c4cc(C)ccc4C)CC3)cc2s1. The number of rotatable bonds is 6. The third-order valence-corrected chi connectivity index (χ3v) is 6.80. The lowest BCUT2D eigenvalue weighted by Crippen LogP contribution is -2.49. The number of aryl methyl sites for hydroxylation is 2. The molecule has 0 spiro atoms. The fourth-order valence-electron chi connectivity index (χ4n) is 4.08. The molecule has 1 saturated heterocycles. The van der Waals surface area contributed by atoms with E-state index in [1.165, 1.54) is 28.2 Å². The summed E-state index contributed by atoms with van der Waals surface area (Å²) < 4.78 is 0.988. The van der Waals surface area contributed by atoms with Gasteiger partial charge in [0, 0.05) is 38.3 Å². The van der Waals surface area contributed by atoms with Crippen LogP contribution in [-0.4, -0.2) is 47.9 Å². The van der Waals surface area contributed by atoms with Crippen molar-refractivity contribution in [2.75, 3.05) is 36.4 Å². The van der Waals surface area contributed by atoms with Gasteiger partial charge in [-0.15, -0.1) is 0 Å². The van der Waals surface area contributed by atoms with Crippen molar-refractivity contribution in [2.24, 2.45) is 0 Å². The van der Waals surface area contributed by atoms with Gasteiger partial charge in [0.05, 0.1) is 16.6 Å². The lowest BCUT2D eigenvalue weighted by atomic mass is 10.1. The number of nitrogens with one attached hydrogen (secondary N) is 1. The van der Waals surface area contributed by atoms with E-state index in [1.54, 1.807) is 0 Å². The second-order valence-corrected chi connectivity index (χ2v) is 9.48. The Bertz CT molecular complexity index is 1130. The normalized spacial score (nSPS) is 14.1. The van der Waals surface area contributed by atoms with Gasteiger partial charge in [0.2, 0.25) is 11.8 Å². The first-order valence-electron chi connectivity index (χ1n) is 11.2. The second-order valence-electron chi connectivity index (χ2n) is 8.45. The van der Waals surface area contributed by atoms with Crippen LogP contribution in [-0.2, 0) is 16.0 Å². The molecule has 7 heteroatoms. The number of fused-ring (bicyclic) bond motifs is 1. The standard InChI is InChI=1S/C25H30N4O2S/c1-4-5-23(30)27-25-26-20-9-8-19(15-22(20)32-25)16-24(31)29-12-10-28(11-13-29)21-14-17(2)6-7-18(21)3/h6-9,14-15H,4-5,10-13,16H2,1-3H3,(H,26,27,30). The number of piperazine rings is 1. The summed E-state index contributed by atoms with van der Waals surface area (Å²) in [5.74, 6) is 0.146. The van der Waals surface area contributed by atoms with Gasteiger partial charge in [0.25, 0.3) is 0 Å². The maximum Gasteiger partial charge on any atom is 0.227 e. The number of hydrogen-bond donors (Lipinski definition) is 1. The van der Waals surface area contributed by atoms with Crippen LogP contribution in [0.4, 0.5) is 10.8 Å². The molecule has 0 saturated carbocycles. The third-order valence-electron chi connectivity index (χ3n) is 5.87. The van der Waals surface area contributed by atoms with Crippen molar-refractivity contribution in [3.63, 3.8) is 0 Å². The molecule has 1 fully saturated rings. The molecule has 4 rings (SSSR count). The van der Waals surface area contributed by atoms with E-state index < -0.39 is 0 Å². The van der Waals surface area contributed by atoms with Gasteiger partial charge in [-0.05, 0) is 55.2 Å². The zero-order chi connectivity index (χ0) is 22.7. The maximum atomic E-state index is 12.9. The Morgan fingerprint density at radius 3 is 2.59 bits per heavy atom. The number of hydrogen-bond acceptors (Lipinski definition) is 5. The Morgan fingerprint density at radius 2 is 1.84 bits per heavy atom. The quantitative estimate of drug-likeness (QED) is 0.599. The molecule has 6 nitrogen and oxygen atoms in total. The Hall–Kier alpha value is -2.93.